The summed E-state index contributed by atoms with van der Waals surface area (Å²) < 4.78 is 0. The number of rotatable bonds is 2. The molecule has 3 aliphatic rings. The molecule has 0 bridgehead atoms. The lowest BCUT2D eigenvalue weighted by atomic mass is 9.96. The number of ketones is 1. The highest BCUT2D eigenvalue weighted by Crippen LogP contribution is 2.56. The van der Waals surface area contributed by atoms with Gasteiger partial charge in [0, 0.05) is 30.6 Å². The van der Waals surface area contributed by atoms with Crippen LogP contribution in [-0.4, -0.2) is 18.7 Å². The molecule has 1 aromatic rings. The Morgan fingerprint density at radius 1 is 1.14 bits per heavy atom. The lowest BCUT2D eigenvalue weighted by Gasteiger charge is -2.26. The van der Waals surface area contributed by atoms with E-state index in [0.717, 1.165) is 23.2 Å². The smallest absolute Gasteiger partial charge is 0.227 e. The van der Waals surface area contributed by atoms with E-state index in [1.807, 2.05) is 25.2 Å². The highest BCUT2D eigenvalue weighted by molar-refractivity contribution is 6.02. The topological polar surface area (TPSA) is 37.4 Å². The van der Waals surface area contributed by atoms with Gasteiger partial charge in [-0.25, -0.2) is 0 Å². The second kappa shape index (κ2) is 4.69. The number of benzene rings is 1. The summed E-state index contributed by atoms with van der Waals surface area (Å²) in [6.45, 7) is 0. The number of nitrogens with zero attached hydrogens (tertiary/aromatic N) is 1. The zero-order chi connectivity index (χ0) is 14.6. The van der Waals surface area contributed by atoms with Crippen molar-refractivity contribution in [2.24, 2.45) is 17.8 Å². The van der Waals surface area contributed by atoms with Crippen molar-refractivity contribution in [1.29, 1.82) is 0 Å². The van der Waals surface area contributed by atoms with E-state index in [4.69, 9.17) is 0 Å². The third kappa shape index (κ3) is 2.02. The number of carbonyl (C=O) groups is 2. The monoisotopic (exact) mass is 283 g/mol. The molecule has 2 unspecified atom stereocenters. The average molecular weight is 283 g/mol. The first kappa shape index (κ1) is 13.1. The van der Waals surface area contributed by atoms with Gasteiger partial charge in [-0.05, 0) is 54.9 Å². The van der Waals surface area contributed by atoms with E-state index in [0.29, 0.717) is 24.0 Å². The summed E-state index contributed by atoms with van der Waals surface area (Å²) in [6.07, 6.45) is 6.38. The van der Waals surface area contributed by atoms with Gasteiger partial charge < -0.3 is 4.90 Å². The number of carbonyl (C=O) groups excluding carboxylic acids is 2. The molecule has 0 radical (unpaired) electrons. The summed E-state index contributed by atoms with van der Waals surface area (Å²) in [6, 6.07) is 5.90. The highest BCUT2D eigenvalue weighted by Gasteiger charge is 2.54. The molecule has 1 amide bonds. The Morgan fingerprint density at radius 3 is 2.57 bits per heavy atom. The predicted molar refractivity (Wildman–Crippen MR) is 81.4 cm³/mol. The molecule has 21 heavy (non-hydrogen) atoms. The van der Waals surface area contributed by atoms with E-state index in [-0.39, 0.29) is 11.8 Å². The van der Waals surface area contributed by atoms with Gasteiger partial charge in [-0.3, -0.25) is 9.59 Å². The number of hydrogen-bond donors (Lipinski definition) is 0. The molecular formula is C18H21NO2. The third-order valence-electron chi connectivity index (χ3n) is 5.67. The lowest BCUT2D eigenvalue weighted by molar-refractivity contribution is -0.118. The Labute approximate surface area is 125 Å². The molecule has 2 fully saturated rings. The molecule has 2 atom stereocenters. The van der Waals surface area contributed by atoms with Gasteiger partial charge in [0.25, 0.3) is 0 Å². The molecule has 3 heteroatoms. The molecule has 0 saturated heterocycles. The molecule has 1 heterocycles. The number of anilines is 1. The number of aryl methyl sites for hydroxylation is 1. The quantitative estimate of drug-likeness (QED) is 0.782. The van der Waals surface area contributed by atoms with Crippen molar-refractivity contribution >= 4 is 17.4 Å². The zero-order valence-electron chi connectivity index (χ0n) is 12.5. The molecule has 0 N–H and O–H groups in total. The molecule has 1 aromatic carbocycles. The first-order valence-electron chi connectivity index (χ1n) is 8.10. The maximum absolute atomic E-state index is 12.7. The normalized spacial score (nSPS) is 30.6. The summed E-state index contributed by atoms with van der Waals surface area (Å²) in [4.78, 5) is 26.2. The van der Waals surface area contributed by atoms with Crippen LogP contribution in [0.25, 0.3) is 0 Å². The van der Waals surface area contributed by atoms with E-state index in [1.54, 1.807) is 4.90 Å². The standard InChI is InChI=1S/C18H21NO2/c1-19-15-8-6-12(10-11(15)7-9-16(19)20)18(21)17-13-4-2-3-5-14(13)17/h6,8,10,13-14,17H,2-5,7,9H2,1H3. The van der Waals surface area contributed by atoms with Crippen molar-refractivity contribution in [3.8, 4) is 0 Å². The predicted octanol–water partition coefficient (Wildman–Crippen LogP) is 3.21. The van der Waals surface area contributed by atoms with Crippen LogP contribution in [0.4, 0.5) is 5.69 Å². The Kier molecular flexibility index (Phi) is 2.91. The molecule has 2 saturated carbocycles. The zero-order valence-corrected chi connectivity index (χ0v) is 12.5. The molecule has 1 aliphatic heterocycles. The van der Waals surface area contributed by atoms with E-state index >= 15 is 0 Å². The molecule has 2 aliphatic carbocycles. The largest absolute Gasteiger partial charge is 0.315 e. The Balaban J connectivity index is 1.59. The summed E-state index contributed by atoms with van der Waals surface area (Å²) >= 11 is 0. The van der Waals surface area contributed by atoms with Crippen LogP contribution >= 0.6 is 0 Å². The maximum atomic E-state index is 12.7. The Bertz CT molecular complexity index is 610. The average Bonchev–Trinajstić information content (AvgIpc) is 3.24. The van der Waals surface area contributed by atoms with Crippen LogP contribution in [0, 0.1) is 17.8 Å². The molecule has 3 nitrogen and oxygen atoms in total. The van der Waals surface area contributed by atoms with Gasteiger partial charge in [-0.15, -0.1) is 0 Å². The van der Waals surface area contributed by atoms with Crippen molar-refractivity contribution in [2.45, 2.75) is 38.5 Å². The van der Waals surface area contributed by atoms with Gasteiger partial charge in [0.05, 0.1) is 0 Å². The van der Waals surface area contributed by atoms with Crippen molar-refractivity contribution in [1.82, 2.24) is 0 Å². The number of hydrogen-bond acceptors (Lipinski definition) is 2. The fourth-order valence-electron chi connectivity index (χ4n) is 4.38. The van der Waals surface area contributed by atoms with Crippen LogP contribution in [0.15, 0.2) is 18.2 Å². The van der Waals surface area contributed by atoms with E-state index in [9.17, 15) is 9.59 Å². The highest BCUT2D eigenvalue weighted by atomic mass is 16.2. The van der Waals surface area contributed by atoms with Crippen molar-refractivity contribution < 1.29 is 9.59 Å². The molecule has 110 valence electrons. The van der Waals surface area contributed by atoms with Crippen LogP contribution in [0.1, 0.15) is 48.0 Å². The summed E-state index contributed by atoms with van der Waals surface area (Å²) in [5, 5.41) is 0. The molecule has 0 spiro atoms. The summed E-state index contributed by atoms with van der Waals surface area (Å²) in [5.74, 6) is 2.11. The van der Waals surface area contributed by atoms with Crippen LogP contribution in [0.2, 0.25) is 0 Å². The fraction of sp³-hybridized carbons (Fsp3) is 0.556. The van der Waals surface area contributed by atoms with Crippen LogP contribution in [0.3, 0.4) is 0 Å². The SMILES string of the molecule is CN1C(=O)CCc2cc(C(=O)C3C4CCCCC43)ccc21. The summed E-state index contributed by atoms with van der Waals surface area (Å²) in [7, 11) is 1.82. The van der Waals surface area contributed by atoms with Gasteiger partial charge in [-0.2, -0.15) is 0 Å². The van der Waals surface area contributed by atoms with Gasteiger partial charge in [0.1, 0.15) is 0 Å². The van der Waals surface area contributed by atoms with Crippen LogP contribution in [0.5, 0.6) is 0 Å². The Morgan fingerprint density at radius 2 is 1.86 bits per heavy atom. The van der Waals surface area contributed by atoms with Crippen LogP contribution in [-0.2, 0) is 11.2 Å². The minimum atomic E-state index is 0.162. The second-order valence-electron chi connectivity index (χ2n) is 6.80. The first-order chi connectivity index (χ1) is 10.2. The van der Waals surface area contributed by atoms with Gasteiger partial charge in [0.2, 0.25) is 5.91 Å². The van der Waals surface area contributed by atoms with Gasteiger partial charge >= 0.3 is 0 Å². The molecular weight excluding hydrogens is 262 g/mol. The first-order valence-corrected chi connectivity index (χ1v) is 8.10. The van der Waals surface area contributed by atoms with Gasteiger partial charge in [-0.1, -0.05) is 12.8 Å². The van der Waals surface area contributed by atoms with Crippen LogP contribution < -0.4 is 4.90 Å². The van der Waals surface area contributed by atoms with Crippen molar-refractivity contribution in [3.05, 3.63) is 29.3 Å². The third-order valence-corrected chi connectivity index (χ3v) is 5.67. The number of fused-ring (bicyclic) bond motifs is 2. The van der Waals surface area contributed by atoms with Crippen molar-refractivity contribution in [3.63, 3.8) is 0 Å². The minimum Gasteiger partial charge on any atom is -0.315 e. The fourth-order valence-corrected chi connectivity index (χ4v) is 4.38. The summed E-state index contributed by atoms with van der Waals surface area (Å²) in [5.41, 5.74) is 2.97. The lowest BCUT2D eigenvalue weighted by Crippen LogP contribution is -2.31. The number of amides is 1. The molecule has 0 aromatic heterocycles. The van der Waals surface area contributed by atoms with E-state index in [2.05, 4.69) is 0 Å². The number of Topliss-reactive ketones (excluding diaryl/α,β-unsaturated/α-hetero) is 1. The second-order valence-corrected chi connectivity index (χ2v) is 6.80. The minimum absolute atomic E-state index is 0.162. The van der Waals surface area contributed by atoms with E-state index in [1.165, 1.54) is 25.7 Å². The Hall–Kier alpha value is -1.64. The maximum Gasteiger partial charge on any atom is 0.227 e. The van der Waals surface area contributed by atoms with Crippen molar-refractivity contribution in [2.75, 3.05) is 11.9 Å². The molecule has 4 rings (SSSR count). The van der Waals surface area contributed by atoms with E-state index < -0.39 is 0 Å². The van der Waals surface area contributed by atoms with Gasteiger partial charge in [0.15, 0.2) is 5.78 Å².